The third-order valence-corrected chi connectivity index (χ3v) is 7.01. The van der Waals surface area contributed by atoms with Crippen LogP contribution in [-0.4, -0.2) is 51.1 Å². The second-order valence-electron chi connectivity index (χ2n) is 9.13. The number of nitrogens with zero attached hydrogens (tertiary/aromatic N) is 5. The van der Waals surface area contributed by atoms with Crippen molar-refractivity contribution in [3.05, 3.63) is 57.9 Å². The molecule has 0 radical (unpaired) electrons. The van der Waals surface area contributed by atoms with Crippen LogP contribution in [0.15, 0.2) is 30.5 Å². The van der Waals surface area contributed by atoms with Crippen molar-refractivity contribution in [1.29, 1.82) is 0 Å². The molecule has 33 heavy (non-hydrogen) atoms. The highest BCUT2D eigenvalue weighted by molar-refractivity contribution is 6.31. The van der Waals surface area contributed by atoms with Crippen LogP contribution in [0.3, 0.4) is 0 Å². The van der Waals surface area contributed by atoms with Gasteiger partial charge in [-0.1, -0.05) is 17.7 Å². The van der Waals surface area contributed by atoms with E-state index in [1.165, 1.54) is 0 Å². The van der Waals surface area contributed by atoms with E-state index in [9.17, 15) is 4.79 Å². The summed E-state index contributed by atoms with van der Waals surface area (Å²) in [6.45, 7) is 4.75. The van der Waals surface area contributed by atoms with Crippen LogP contribution in [-0.2, 0) is 6.54 Å². The predicted molar refractivity (Wildman–Crippen MR) is 130 cm³/mol. The maximum atomic E-state index is 13.6. The number of hydrogen-bond donors (Lipinski definition) is 2. The molecule has 2 saturated heterocycles. The van der Waals surface area contributed by atoms with Crippen molar-refractivity contribution in [2.45, 2.75) is 51.2 Å². The number of benzene rings is 1. The molecule has 1 aromatic carbocycles. The van der Waals surface area contributed by atoms with E-state index < -0.39 is 0 Å². The Morgan fingerprint density at radius 1 is 1.21 bits per heavy atom. The first kappa shape index (κ1) is 22.1. The molecule has 0 unspecified atom stereocenters. The number of likely N-dealkylation sites (tertiary alicyclic amines) is 1. The molecule has 0 aliphatic carbocycles. The molecule has 8 nitrogen and oxygen atoms in total. The van der Waals surface area contributed by atoms with Crippen LogP contribution >= 0.6 is 11.6 Å². The zero-order valence-electron chi connectivity index (χ0n) is 18.9. The van der Waals surface area contributed by atoms with Gasteiger partial charge in [-0.15, -0.1) is 0 Å². The Kier molecular flexibility index (Phi) is 5.99. The molecule has 3 aromatic rings. The van der Waals surface area contributed by atoms with Gasteiger partial charge in [-0.05, 0) is 50.3 Å². The van der Waals surface area contributed by atoms with Crippen LogP contribution in [0, 0.1) is 6.92 Å². The molecule has 5 rings (SSSR count). The van der Waals surface area contributed by atoms with Gasteiger partial charge in [0.05, 0.1) is 11.7 Å². The number of piperidine rings is 1. The summed E-state index contributed by atoms with van der Waals surface area (Å²) in [5, 5.41) is 5.37. The third-order valence-electron chi connectivity index (χ3n) is 6.78. The molecule has 9 heteroatoms. The lowest BCUT2D eigenvalue weighted by atomic mass is 9.97. The minimum atomic E-state index is -0.110. The molecular formula is C24H30ClN7O. The standard InChI is InChI=1S/C24H30ClN7O/c1-15-13-32-22(28-23(15)30-9-7-18(27)14-30)11-20(29-32)21-4-2-3-8-31(21)24(33)19-10-17(25)6-5-16(19)12-26/h5-6,10-11,13,18,21H,2-4,7-9,12,14,26-27H2,1H3/t18-,21+/m0/s1. The van der Waals surface area contributed by atoms with E-state index in [-0.39, 0.29) is 24.5 Å². The second-order valence-corrected chi connectivity index (χ2v) is 9.57. The van der Waals surface area contributed by atoms with Crippen molar-refractivity contribution >= 4 is 29.0 Å². The Morgan fingerprint density at radius 3 is 2.82 bits per heavy atom. The van der Waals surface area contributed by atoms with Gasteiger partial charge in [0.25, 0.3) is 5.91 Å². The molecule has 1 amide bonds. The fraction of sp³-hybridized carbons (Fsp3) is 0.458. The number of carbonyl (C=O) groups excluding carboxylic acids is 1. The summed E-state index contributed by atoms with van der Waals surface area (Å²) < 4.78 is 1.83. The number of fused-ring (bicyclic) bond motifs is 1. The molecule has 2 atom stereocenters. The van der Waals surface area contributed by atoms with Crippen molar-refractivity contribution in [2.24, 2.45) is 11.5 Å². The van der Waals surface area contributed by atoms with Crippen LogP contribution < -0.4 is 16.4 Å². The zero-order valence-corrected chi connectivity index (χ0v) is 19.6. The summed E-state index contributed by atoms with van der Waals surface area (Å²) in [4.78, 5) is 22.7. The summed E-state index contributed by atoms with van der Waals surface area (Å²) in [5.74, 6) is 0.917. The van der Waals surface area contributed by atoms with E-state index in [4.69, 9.17) is 33.2 Å². The van der Waals surface area contributed by atoms with E-state index in [0.717, 1.165) is 67.1 Å². The number of anilines is 1. The van der Waals surface area contributed by atoms with Crippen LogP contribution in [0.5, 0.6) is 0 Å². The van der Waals surface area contributed by atoms with Gasteiger partial charge in [-0.25, -0.2) is 9.50 Å². The fourth-order valence-corrected chi connectivity index (χ4v) is 5.22. The molecule has 4 heterocycles. The molecule has 0 bridgehead atoms. The van der Waals surface area contributed by atoms with E-state index >= 15 is 0 Å². The first-order valence-electron chi connectivity index (χ1n) is 11.6. The van der Waals surface area contributed by atoms with E-state index in [1.807, 2.05) is 27.7 Å². The van der Waals surface area contributed by atoms with Gasteiger partial charge in [-0.2, -0.15) is 5.10 Å². The van der Waals surface area contributed by atoms with Gasteiger partial charge in [0.15, 0.2) is 5.65 Å². The Morgan fingerprint density at radius 2 is 2.06 bits per heavy atom. The number of nitrogens with two attached hydrogens (primary N) is 2. The Hall–Kier alpha value is -2.68. The normalized spacial score (nSPS) is 21.2. The monoisotopic (exact) mass is 467 g/mol. The number of carbonyl (C=O) groups is 1. The van der Waals surface area contributed by atoms with Gasteiger partial charge in [-0.3, -0.25) is 4.79 Å². The van der Waals surface area contributed by atoms with E-state index in [2.05, 4.69) is 11.8 Å². The number of aromatic nitrogens is 3. The van der Waals surface area contributed by atoms with Crippen LogP contribution in [0.2, 0.25) is 5.02 Å². The van der Waals surface area contributed by atoms with Crippen LogP contribution in [0.25, 0.3) is 5.65 Å². The summed E-state index contributed by atoms with van der Waals surface area (Å²) >= 11 is 6.21. The van der Waals surface area contributed by atoms with Gasteiger partial charge in [0.1, 0.15) is 5.82 Å². The smallest absolute Gasteiger partial charge is 0.254 e. The van der Waals surface area contributed by atoms with E-state index in [1.54, 1.807) is 12.1 Å². The van der Waals surface area contributed by atoms with Crippen LogP contribution in [0.4, 0.5) is 5.82 Å². The number of amides is 1. The fourth-order valence-electron chi connectivity index (χ4n) is 5.04. The predicted octanol–water partition coefficient (Wildman–Crippen LogP) is 3.05. The molecular weight excluding hydrogens is 438 g/mol. The molecule has 174 valence electrons. The average molecular weight is 468 g/mol. The highest BCUT2D eigenvalue weighted by Crippen LogP contribution is 2.33. The average Bonchev–Trinajstić information content (AvgIpc) is 3.43. The Balaban J connectivity index is 1.48. The lowest BCUT2D eigenvalue weighted by Gasteiger charge is -2.35. The second kappa shape index (κ2) is 8.93. The molecule has 2 aliphatic rings. The summed E-state index contributed by atoms with van der Waals surface area (Å²) in [5.41, 5.74) is 16.1. The first-order valence-corrected chi connectivity index (χ1v) is 12.0. The summed E-state index contributed by atoms with van der Waals surface area (Å²) in [7, 11) is 0. The Labute approximate surface area is 198 Å². The van der Waals surface area contributed by atoms with Gasteiger partial charge in [0.2, 0.25) is 0 Å². The summed E-state index contributed by atoms with van der Waals surface area (Å²) in [6, 6.07) is 7.42. The molecule has 4 N–H and O–H groups in total. The van der Waals surface area contributed by atoms with Crippen molar-refractivity contribution in [3.63, 3.8) is 0 Å². The lowest BCUT2D eigenvalue weighted by molar-refractivity contribution is 0.0604. The van der Waals surface area contributed by atoms with Crippen molar-refractivity contribution in [1.82, 2.24) is 19.5 Å². The van der Waals surface area contributed by atoms with Crippen molar-refractivity contribution in [3.8, 4) is 0 Å². The van der Waals surface area contributed by atoms with Crippen molar-refractivity contribution < 1.29 is 4.79 Å². The third kappa shape index (κ3) is 4.18. The lowest BCUT2D eigenvalue weighted by Crippen LogP contribution is -2.39. The number of hydrogen-bond acceptors (Lipinski definition) is 6. The highest BCUT2D eigenvalue weighted by atomic mass is 35.5. The zero-order chi connectivity index (χ0) is 23.1. The van der Waals surface area contributed by atoms with Crippen LogP contribution in [0.1, 0.15) is 58.9 Å². The molecule has 2 aromatic heterocycles. The largest absolute Gasteiger partial charge is 0.355 e. The summed E-state index contributed by atoms with van der Waals surface area (Å²) in [6.07, 6.45) is 5.87. The minimum Gasteiger partial charge on any atom is -0.355 e. The number of rotatable bonds is 4. The maximum absolute atomic E-state index is 13.6. The first-order chi connectivity index (χ1) is 15.9. The topological polar surface area (TPSA) is 106 Å². The number of halogens is 1. The van der Waals surface area contributed by atoms with Gasteiger partial charge < -0.3 is 21.3 Å². The van der Waals surface area contributed by atoms with E-state index in [0.29, 0.717) is 17.1 Å². The van der Waals surface area contributed by atoms with Gasteiger partial charge in [0, 0.05) is 60.6 Å². The molecule has 0 spiro atoms. The SMILES string of the molecule is Cc1cn2nc([C@H]3CCCCN3C(=O)c3cc(Cl)ccc3CN)cc2nc1N1CC[C@H](N)C1. The maximum Gasteiger partial charge on any atom is 0.254 e. The Bertz CT molecular complexity index is 1190. The molecule has 0 saturated carbocycles. The van der Waals surface area contributed by atoms with Crippen molar-refractivity contribution in [2.75, 3.05) is 24.5 Å². The number of aryl methyl sites for hydroxylation is 1. The highest BCUT2D eigenvalue weighted by Gasteiger charge is 2.32. The molecule has 2 fully saturated rings. The van der Waals surface area contributed by atoms with Gasteiger partial charge >= 0.3 is 0 Å². The minimum absolute atomic E-state index is 0.0458. The quantitative estimate of drug-likeness (QED) is 0.610. The molecule has 2 aliphatic heterocycles.